The van der Waals surface area contributed by atoms with Crippen molar-refractivity contribution in [2.24, 2.45) is 0 Å². The van der Waals surface area contributed by atoms with Crippen LogP contribution in [0.5, 0.6) is 5.88 Å². The zero-order valence-electron chi connectivity index (χ0n) is 9.58. The Labute approximate surface area is 109 Å². The molecule has 0 saturated carbocycles. The van der Waals surface area contributed by atoms with Crippen LogP contribution in [0.25, 0.3) is 5.69 Å². The molecule has 0 aliphatic rings. The summed E-state index contributed by atoms with van der Waals surface area (Å²) < 4.78 is 6.68. The number of para-hydroxylation sites is 1. The summed E-state index contributed by atoms with van der Waals surface area (Å²) in [6, 6.07) is 9.33. The number of carboxylic acids is 1. The fourth-order valence-corrected chi connectivity index (χ4v) is 1.52. The van der Waals surface area contributed by atoms with E-state index in [-0.39, 0.29) is 10.9 Å². The molecule has 2 rings (SSSR count). The van der Waals surface area contributed by atoms with E-state index in [2.05, 4.69) is 5.10 Å². The highest BCUT2D eigenvalue weighted by Crippen LogP contribution is 2.24. The van der Waals surface area contributed by atoms with Crippen LogP contribution in [0.4, 0.5) is 0 Å². The van der Waals surface area contributed by atoms with Gasteiger partial charge in [0.15, 0.2) is 6.10 Å². The molecule has 1 atom stereocenters. The SMILES string of the molecule is CC(Oc1nn(-c2ccccc2)cc1Cl)C(=O)O. The smallest absolute Gasteiger partial charge is 0.344 e. The largest absolute Gasteiger partial charge is 0.479 e. The summed E-state index contributed by atoms with van der Waals surface area (Å²) in [5, 5.41) is 13.1. The van der Waals surface area contributed by atoms with Crippen molar-refractivity contribution in [3.05, 3.63) is 41.6 Å². The van der Waals surface area contributed by atoms with Gasteiger partial charge in [0.05, 0.1) is 11.9 Å². The second-order valence-corrected chi connectivity index (χ2v) is 4.07. The number of hydrogen-bond acceptors (Lipinski definition) is 3. The maximum absolute atomic E-state index is 10.7. The monoisotopic (exact) mass is 266 g/mol. The Morgan fingerprint density at radius 2 is 2.11 bits per heavy atom. The van der Waals surface area contributed by atoms with Crippen LogP contribution in [0.2, 0.25) is 5.02 Å². The topological polar surface area (TPSA) is 64.4 Å². The van der Waals surface area contributed by atoms with Gasteiger partial charge in [-0.25, -0.2) is 9.48 Å². The van der Waals surface area contributed by atoms with Crippen molar-refractivity contribution in [3.63, 3.8) is 0 Å². The highest BCUT2D eigenvalue weighted by molar-refractivity contribution is 6.31. The molecule has 0 aliphatic heterocycles. The molecule has 0 radical (unpaired) electrons. The molecule has 1 aromatic carbocycles. The Morgan fingerprint density at radius 1 is 1.44 bits per heavy atom. The zero-order chi connectivity index (χ0) is 13.1. The third-order valence-corrected chi connectivity index (χ3v) is 2.55. The molecule has 1 heterocycles. The van der Waals surface area contributed by atoms with E-state index in [1.165, 1.54) is 11.6 Å². The molecule has 0 fully saturated rings. The van der Waals surface area contributed by atoms with E-state index in [4.69, 9.17) is 21.4 Å². The molecule has 1 unspecified atom stereocenters. The van der Waals surface area contributed by atoms with Gasteiger partial charge < -0.3 is 9.84 Å². The van der Waals surface area contributed by atoms with Crippen molar-refractivity contribution in [1.29, 1.82) is 0 Å². The first kappa shape index (κ1) is 12.4. The molecule has 0 spiro atoms. The Morgan fingerprint density at radius 3 is 2.72 bits per heavy atom. The van der Waals surface area contributed by atoms with Gasteiger partial charge in [-0.05, 0) is 19.1 Å². The van der Waals surface area contributed by atoms with E-state index in [1.54, 1.807) is 6.20 Å². The molecule has 2 aromatic rings. The zero-order valence-corrected chi connectivity index (χ0v) is 10.3. The van der Waals surface area contributed by atoms with Gasteiger partial charge in [0.25, 0.3) is 5.88 Å². The van der Waals surface area contributed by atoms with Crippen molar-refractivity contribution in [3.8, 4) is 11.6 Å². The van der Waals surface area contributed by atoms with Gasteiger partial charge in [-0.15, -0.1) is 5.10 Å². The average molecular weight is 267 g/mol. The summed E-state index contributed by atoms with van der Waals surface area (Å²) in [6.07, 6.45) is 0.572. The van der Waals surface area contributed by atoms with Gasteiger partial charge in [-0.3, -0.25) is 0 Å². The van der Waals surface area contributed by atoms with Gasteiger partial charge in [0.1, 0.15) is 5.02 Å². The summed E-state index contributed by atoms with van der Waals surface area (Å²) >= 11 is 5.94. The summed E-state index contributed by atoms with van der Waals surface area (Å²) in [5.74, 6) is -0.962. The number of aliphatic carboxylic acids is 1. The standard InChI is InChI=1S/C12H11ClN2O3/c1-8(12(16)17)18-11-10(13)7-15(14-11)9-5-3-2-4-6-9/h2-8H,1H3,(H,16,17). The summed E-state index contributed by atoms with van der Waals surface area (Å²) in [7, 11) is 0. The second kappa shape index (κ2) is 5.10. The number of carboxylic acid groups (broad SMARTS) is 1. The Bertz CT molecular complexity index is 554. The first-order valence-electron chi connectivity index (χ1n) is 5.28. The lowest BCUT2D eigenvalue weighted by atomic mass is 10.3. The van der Waals surface area contributed by atoms with Crippen molar-refractivity contribution < 1.29 is 14.6 Å². The van der Waals surface area contributed by atoms with Crippen LogP contribution in [-0.2, 0) is 4.79 Å². The lowest BCUT2D eigenvalue weighted by Crippen LogP contribution is -2.23. The third kappa shape index (κ3) is 2.62. The van der Waals surface area contributed by atoms with Gasteiger partial charge in [-0.1, -0.05) is 29.8 Å². The van der Waals surface area contributed by atoms with Crippen molar-refractivity contribution >= 4 is 17.6 Å². The van der Waals surface area contributed by atoms with E-state index in [0.29, 0.717) is 0 Å². The summed E-state index contributed by atoms with van der Waals surface area (Å²) in [4.78, 5) is 10.7. The normalized spacial score (nSPS) is 12.1. The molecule has 1 aromatic heterocycles. The molecule has 1 N–H and O–H groups in total. The predicted octanol–water partition coefficient (Wildman–Crippen LogP) is 2.38. The Balaban J connectivity index is 2.25. The molecule has 94 valence electrons. The average Bonchev–Trinajstić information content (AvgIpc) is 2.72. The van der Waals surface area contributed by atoms with Crippen molar-refractivity contribution in [2.45, 2.75) is 13.0 Å². The number of carbonyl (C=O) groups is 1. The number of benzene rings is 1. The molecule has 0 bridgehead atoms. The number of aromatic nitrogens is 2. The minimum atomic E-state index is -1.07. The fourth-order valence-electron chi connectivity index (χ4n) is 1.35. The van der Waals surface area contributed by atoms with Crippen LogP contribution in [0.1, 0.15) is 6.92 Å². The number of hydrogen-bond donors (Lipinski definition) is 1. The van der Waals surface area contributed by atoms with Crippen LogP contribution < -0.4 is 4.74 Å². The van der Waals surface area contributed by atoms with Crippen LogP contribution in [-0.4, -0.2) is 27.0 Å². The lowest BCUT2D eigenvalue weighted by Gasteiger charge is -2.07. The molecule has 0 amide bonds. The number of ether oxygens (including phenoxy) is 1. The summed E-state index contributed by atoms with van der Waals surface area (Å²) in [6.45, 7) is 1.42. The van der Waals surface area contributed by atoms with Crippen molar-refractivity contribution in [2.75, 3.05) is 0 Å². The lowest BCUT2D eigenvalue weighted by molar-refractivity contribution is -0.144. The number of nitrogens with zero attached hydrogens (tertiary/aromatic N) is 2. The van der Waals surface area contributed by atoms with E-state index in [9.17, 15) is 4.79 Å². The second-order valence-electron chi connectivity index (χ2n) is 3.66. The molecule has 5 nitrogen and oxygen atoms in total. The van der Waals surface area contributed by atoms with E-state index in [1.807, 2.05) is 30.3 Å². The molecular formula is C12H11ClN2O3. The molecule has 18 heavy (non-hydrogen) atoms. The highest BCUT2D eigenvalue weighted by atomic mass is 35.5. The third-order valence-electron chi connectivity index (χ3n) is 2.30. The highest BCUT2D eigenvalue weighted by Gasteiger charge is 2.17. The minimum Gasteiger partial charge on any atom is -0.479 e. The number of halogens is 1. The Kier molecular flexibility index (Phi) is 3.53. The Hall–Kier alpha value is -2.01. The fraction of sp³-hybridized carbons (Fsp3) is 0.167. The molecular weight excluding hydrogens is 256 g/mol. The maximum atomic E-state index is 10.7. The van der Waals surface area contributed by atoms with Crippen LogP contribution in [0.15, 0.2) is 36.5 Å². The van der Waals surface area contributed by atoms with Crippen LogP contribution in [0, 0.1) is 0 Å². The van der Waals surface area contributed by atoms with Gasteiger partial charge in [0, 0.05) is 0 Å². The van der Waals surface area contributed by atoms with E-state index >= 15 is 0 Å². The quantitative estimate of drug-likeness (QED) is 0.923. The molecule has 0 aliphatic carbocycles. The van der Waals surface area contributed by atoms with E-state index in [0.717, 1.165) is 5.69 Å². The maximum Gasteiger partial charge on any atom is 0.344 e. The first-order valence-corrected chi connectivity index (χ1v) is 5.66. The van der Waals surface area contributed by atoms with Crippen molar-refractivity contribution in [1.82, 2.24) is 9.78 Å². The van der Waals surface area contributed by atoms with Gasteiger partial charge in [-0.2, -0.15) is 0 Å². The molecule has 0 saturated heterocycles. The van der Waals surface area contributed by atoms with Crippen LogP contribution >= 0.6 is 11.6 Å². The first-order chi connectivity index (χ1) is 8.58. The van der Waals surface area contributed by atoms with Gasteiger partial charge in [0.2, 0.25) is 0 Å². The minimum absolute atomic E-state index is 0.107. The predicted molar refractivity (Wildman–Crippen MR) is 66.3 cm³/mol. The summed E-state index contributed by atoms with van der Waals surface area (Å²) in [5.41, 5.74) is 0.817. The van der Waals surface area contributed by atoms with E-state index < -0.39 is 12.1 Å². The molecule has 6 heteroatoms. The van der Waals surface area contributed by atoms with Gasteiger partial charge >= 0.3 is 5.97 Å². The van der Waals surface area contributed by atoms with Crippen LogP contribution in [0.3, 0.4) is 0 Å². The number of rotatable bonds is 4.